The molecule has 1 aliphatic heterocycles. The van der Waals surface area contributed by atoms with Gasteiger partial charge < -0.3 is 10.1 Å². The average Bonchev–Trinajstić information content (AvgIpc) is 3.13. The molecule has 0 bridgehead atoms. The van der Waals surface area contributed by atoms with Crippen molar-refractivity contribution in [3.05, 3.63) is 64.2 Å². The van der Waals surface area contributed by atoms with Gasteiger partial charge in [0.2, 0.25) is 0 Å². The van der Waals surface area contributed by atoms with Gasteiger partial charge in [0, 0.05) is 24.6 Å². The third kappa shape index (κ3) is 4.03. The van der Waals surface area contributed by atoms with Crippen LogP contribution in [0.3, 0.4) is 0 Å². The summed E-state index contributed by atoms with van der Waals surface area (Å²) < 4.78 is 29.4. The van der Waals surface area contributed by atoms with Gasteiger partial charge in [0.15, 0.2) is 9.84 Å². The van der Waals surface area contributed by atoms with Crippen molar-refractivity contribution in [2.45, 2.75) is 29.9 Å². The highest BCUT2D eigenvalue weighted by atomic mass is 32.2. The first-order valence-corrected chi connectivity index (χ1v) is 10.2. The van der Waals surface area contributed by atoms with Crippen molar-refractivity contribution in [1.82, 2.24) is 0 Å². The number of nitro benzene ring substituents is 1. The van der Waals surface area contributed by atoms with Crippen molar-refractivity contribution >= 4 is 21.2 Å². The number of sulfone groups is 1. The minimum absolute atomic E-state index is 0.0500. The largest absolute Gasteiger partial charge is 0.376 e. The van der Waals surface area contributed by atoms with Crippen molar-refractivity contribution < 1.29 is 18.1 Å². The van der Waals surface area contributed by atoms with Gasteiger partial charge in [-0.1, -0.05) is 30.3 Å². The lowest BCUT2D eigenvalue weighted by Crippen LogP contribution is -2.25. The van der Waals surface area contributed by atoms with Gasteiger partial charge in [-0.3, -0.25) is 10.1 Å². The van der Waals surface area contributed by atoms with Gasteiger partial charge in [-0.05, 0) is 30.5 Å². The van der Waals surface area contributed by atoms with Crippen LogP contribution in [-0.4, -0.2) is 32.3 Å². The third-order valence-electron chi connectivity index (χ3n) is 4.37. The molecule has 2 aromatic rings. The highest BCUT2D eigenvalue weighted by Crippen LogP contribution is 2.33. The van der Waals surface area contributed by atoms with Crippen molar-refractivity contribution in [3.63, 3.8) is 0 Å². The van der Waals surface area contributed by atoms with Crippen LogP contribution in [0.25, 0.3) is 0 Å². The number of anilines is 1. The number of hydrogen-bond acceptors (Lipinski definition) is 6. The van der Waals surface area contributed by atoms with Crippen LogP contribution in [0.15, 0.2) is 53.4 Å². The van der Waals surface area contributed by atoms with Crippen LogP contribution in [0.2, 0.25) is 0 Å². The van der Waals surface area contributed by atoms with E-state index >= 15 is 0 Å². The SMILES string of the molecule is CS(=O)(=O)c1ccc(N[C@H](c2ccccc2)[C@H]2CCCO2)cc1[N+](=O)[O-]. The van der Waals surface area contributed by atoms with Gasteiger partial charge in [0.1, 0.15) is 4.90 Å². The quantitative estimate of drug-likeness (QED) is 0.613. The minimum Gasteiger partial charge on any atom is -0.376 e. The van der Waals surface area contributed by atoms with Gasteiger partial charge in [-0.25, -0.2) is 8.42 Å². The minimum atomic E-state index is -3.69. The molecule has 0 amide bonds. The summed E-state index contributed by atoms with van der Waals surface area (Å²) in [6.45, 7) is 0.683. The summed E-state index contributed by atoms with van der Waals surface area (Å²) >= 11 is 0. The molecule has 1 saturated heterocycles. The van der Waals surface area contributed by atoms with Crippen LogP contribution in [0.1, 0.15) is 24.4 Å². The summed E-state index contributed by atoms with van der Waals surface area (Å²) in [5, 5.41) is 14.6. The second-order valence-electron chi connectivity index (χ2n) is 6.30. The predicted molar refractivity (Wildman–Crippen MR) is 98.0 cm³/mol. The fourth-order valence-electron chi connectivity index (χ4n) is 3.16. The van der Waals surface area contributed by atoms with E-state index in [1.807, 2.05) is 30.3 Å². The number of nitro groups is 1. The molecule has 2 atom stereocenters. The highest BCUT2D eigenvalue weighted by Gasteiger charge is 2.29. The van der Waals surface area contributed by atoms with E-state index in [0.717, 1.165) is 24.7 Å². The van der Waals surface area contributed by atoms with Crippen LogP contribution in [0, 0.1) is 10.1 Å². The molecule has 8 heteroatoms. The van der Waals surface area contributed by atoms with Gasteiger partial charge in [0.05, 0.1) is 17.1 Å². The zero-order valence-corrected chi connectivity index (χ0v) is 15.1. The Balaban J connectivity index is 1.96. The van der Waals surface area contributed by atoms with Crippen LogP contribution >= 0.6 is 0 Å². The predicted octanol–water partition coefficient (Wildman–Crippen LogP) is 3.33. The Bertz CT molecular complexity index is 893. The second kappa shape index (κ2) is 7.43. The van der Waals surface area contributed by atoms with E-state index < -0.39 is 20.4 Å². The molecule has 7 nitrogen and oxygen atoms in total. The van der Waals surface area contributed by atoms with Crippen LogP contribution in [0.4, 0.5) is 11.4 Å². The molecule has 0 spiro atoms. The second-order valence-corrected chi connectivity index (χ2v) is 8.28. The number of ether oxygens (including phenoxy) is 1. The Morgan fingerprint density at radius 2 is 1.96 bits per heavy atom. The van der Waals surface area contributed by atoms with Crippen molar-refractivity contribution in [2.75, 3.05) is 18.2 Å². The average molecular weight is 376 g/mol. The molecule has 26 heavy (non-hydrogen) atoms. The molecule has 0 saturated carbocycles. The smallest absolute Gasteiger partial charge is 0.290 e. The first kappa shape index (κ1) is 18.3. The zero-order valence-electron chi connectivity index (χ0n) is 14.3. The number of nitrogens with zero attached hydrogens (tertiary/aromatic N) is 1. The molecule has 1 aliphatic rings. The maximum absolute atomic E-state index is 11.8. The monoisotopic (exact) mass is 376 g/mol. The van der Waals surface area contributed by atoms with Crippen molar-refractivity contribution in [3.8, 4) is 0 Å². The normalized spacial score (nSPS) is 18.4. The molecule has 1 heterocycles. The number of nitrogens with one attached hydrogen (secondary N) is 1. The summed E-state index contributed by atoms with van der Waals surface area (Å²) in [6, 6.07) is 13.6. The topological polar surface area (TPSA) is 98.5 Å². The van der Waals surface area contributed by atoms with Gasteiger partial charge >= 0.3 is 0 Å². The third-order valence-corrected chi connectivity index (χ3v) is 5.52. The van der Waals surface area contributed by atoms with E-state index in [1.54, 1.807) is 6.07 Å². The molecule has 0 aliphatic carbocycles. The summed E-state index contributed by atoms with van der Waals surface area (Å²) in [5.74, 6) is 0. The maximum Gasteiger partial charge on any atom is 0.290 e. The molecule has 2 aromatic carbocycles. The zero-order chi connectivity index (χ0) is 18.7. The molecular weight excluding hydrogens is 356 g/mol. The summed E-state index contributed by atoms with van der Waals surface area (Å²) in [6.07, 6.45) is 2.76. The van der Waals surface area contributed by atoms with E-state index in [4.69, 9.17) is 4.74 Å². The molecule has 3 rings (SSSR count). The first-order valence-electron chi connectivity index (χ1n) is 8.28. The molecule has 138 valence electrons. The first-order chi connectivity index (χ1) is 12.4. The van der Waals surface area contributed by atoms with Gasteiger partial charge in [0.25, 0.3) is 5.69 Å². The lowest BCUT2D eigenvalue weighted by Gasteiger charge is -2.26. The van der Waals surface area contributed by atoms with E-state index in [1.165, 1.54) is 12.1 Å². The van der Waals surface area contributed by atoms with E-state index in [0.29, 0.717) is 12.3 Å². The van der Waals surface area contributed by atoms with Gasteiger partial charge in [-0.15, -0.1) is 0 Å². The molecule has 0 radical (unpaired) electrons. The van der Waals surface area contributed by atoms with E-state index in [2.05, 4.69) is 5.32 Å². The Kier molecular flexibility index (Phi) is 5.24. The molecule has 1 fully saturated rings. The summed E-state index contributed by atoms with van der Waals surface area (Å²) in [5.41, 5.74) is 1.05. The number of hydrogen-bond donors (Lipinski definition) is 1. The fraction of sp³-hybridized carbons (Fsp3) is 0.333. The number of benzene rings is 2. The molecule has 0 aromatic heterocycles. The van der Waals surface area contributed by atoms with Crippen LogP contribution in [-0.2, 0) is 14.6 Å². The van der Waals surface area contributed by atoms with Crippen LogP contribution < -0.4 is 5.32 Å². The fourth-order valence-corrected chi connectivity index (χ4v) is 3.99. The van der Waals surface area contributed by atoms with Gasteiger partial charge in [-0.2, -0.15) is 0 Å². The Morgan fingerprint density at radius 1 is 1.23 bits per heavy atom. The van der Waals surface area contributed by atoms with Crippen LogP contribution in [0.5, 0.6) is 0 Å². The number of rotatable bonds is 6. The maximum atomic E-state index is 11.8. The van der Waals surface area contributed by atoms with E-state index in [9.17, 15) is 18.5 Å². The Morgan fingerprint density at radius 3 is 2.54 bits per heavy atom. The lowest BCUT2D eigenvalue weighted by atomic mass is 9.99. The Labute approximate surface area is 152 Å². The summed E-state index contributed by atoms with van der Waals surface area (Å²) in [7, 11) is -3.69. The Hall–Kier alpha value is -2.45. The molecular formula is C18H20N2O5S. The molecule has 1 N–H and O–H groups in total. The van der Waals surface area contributed by atoms with E-state index in [-0.39, 0.29) is 17.0 Å². The summed E-state index contributed by atoms with van der Waals surface area (Å²) in [4.78, 5) is 10.4. The molecule has 0 unspecified atom stereocenters. The standard InChI is InChI=1S/C18H20N2O5S/c1-26(23,24)17-10-9-14(12-15(17)20(21)22)19-18(16-8-5-11-25-16)13-6-3-2-4-7-13/h2-4,6-7,9-10,12,16,18-19H,5,8,11H2,1H3/t16-,18-/m1/s1. The van der Waals surface area contributed by atoms with Crippen molar-refractivity contribution in [1.29, 1.82) is 0 Å². The lowest BCUT2D eigenvalue weighted by molar-refractivity contribution is -0.387. The van der Waals surface area contributed by atoms with Crippen molar-refractivity contribution in [2.24, 2.45) is 0 Å². The highest BCUT2D eigenvalue weighted by molar-refractivity contribution is 7.90.